The molecule has 1 heterocycles. The van der Waals surface area contributed by atoms with Crippen molar-refractivity contribution in [2.24, 2.45) is 0 Å². The van der Waals surface area contributed by atoms with Gasteiger partial charge in [0.05, 0.1) is 0 Å². The third-order valence-electron chi connectivity index (χ3n) is 5.99. The van der Waals surface area contributed by atoms with Crippen molar-refractivity contribution in [2.75, 3.05) is 0 Å². The Hall–Kier alpha value is -4.11. The first-order chi connectivity index (χ1) is 15.8. The summed E-state index contributed by atoms with van der Waals surface area (Å²) < 4.78 is 6.74. The molecule has 6 rings (SSSR count). The number of aromatic nitrogens is 1. The van der Waals surface area contributed by atoms with Gasteiger partial charge in [-0.1, -0.05) is 103 Å². The van der Waals surface area contributed by atoms with Crippen LogP contribution in [0.5, 0.6) is 5.75 Å². The molecule has 0 N–H and O–H groups in total. The number of nitrogens with zero attached hydrogens (tertiary/aromatic N) is 1. The molecule has 0 aliphatic carbocycles. The summed E-state index contributed by atoms with van der Waals surface area (Å²) in [6.07, 6.45) is 1.82. The maximum Gasteiger partial charge on any atom is 0.426 e. The third-order valence-corrected chi connectivity index (χ3v) is 5.99. The Kier molecular flexibility index (Phi) is 4.58. The van der Waals surface area contributed by atoms with Gasteiger partial charge >= 0.3 is 6.92 Å². The average Bonchev–Trinajstić information content (AvgIpc) is 2.87. The van der Waals surface area contributed by atoms with Gasteiger partial charge in [0.2, 0.25) is 0 Å². The highest BCUT2D eigenvalue weighted by Crippen LogP contribution is 2.24. The van der Waals surface area contributed by atoms with Gasteiger partial charge in [-0.05, 0) is 44.6 Å². The van der Waals surface area contributed by atoms with Crippen molar-refractivity contribution in [2.45, 2.75) is 0 Å². The summed E-state index contributed by atoms with van der Waals surface area (Å²) in [6.45, 7) is -0.253. The summed E-state index contributed by atoms with van der Waals surface area (Å²) in [7, 11) is 0. The molecule has 150 valence electrons. The molecule has 5 aromatic carbocycles. The number of hydrogen-bond acceptors (Lipinski definition) is 2. The number of para-hydroxylation sites is 1. The Morgan fingerprint density at radius 3 is 1.72 bits per heavy atom. The lowest BCUT2D eigenvalue weighted by Crippen LogP contribution is -2.47. The van der Waals surface area contributed by atoms with Crippen LogP contribution in [0.3, 0.4) is 0 Å². The molecule has 0 spiro atoms. The summed E-state index contributed by atoms with van der Waals surface area (Å²) in [4.78, 5) is 4.60. The van der Waals surface area contributed by atoms with Crippen LogP contribution in [0, 0.1) is 0 Å². The zero-order chi connectivity index (χ0) is 21.3. The minimum absolute atomic E-state index is 0.253. The molecule has 0 amide bonds. The van der Waals surface area contributed by atoms with Gasteiger partial charge in [-0.25, -0.2) is 0 Å². The molecule has 3 heteroatoms. The van der Waals surface area contributed by atoms with E-state index >= 15 is 0 Å². The van der Waals surface area contributed by atoms with Crippen molar-refractivity contribution in [3.05, 3.63) is 121 Å². The predicted molar refractivity (Wildman–Crippen MR) is 135 cm³/mol. The second-order valence-electron chi connectivity index (χ2n) is 8.04. The van der Waals surface area contributed by atoms with Gasteiger partial charge in [0.15, 0.2) is 0 Å². The third kappa shape index (κ3) is 3.38. The van der Waals surface area contributed by atoms with Gasteiger partial charge in [-0.3, -0.25) is 4.98 Å². The average molecular weight is 409 g/mol. The van der Waals surface area contributed by atoms with Gasteiger partial charge in [-0.15, -0.1) is 0 Å². The van der Waals surface area contributed by atoms with Crippen LogP contribution in [-0.4, -0.2) is 11.9 Å². The van der Waals surface area contributed by atoms with E-state index in [9.17, 15) is 0 Å². The molecule has 6 aromatic rings. The molecule has 0 unspecified atom stereocenters. The normalized spacial score (nSPS) is 11.1. The Bertz CT molecular complexity index is 1490. The van der Waals surface area contributed by atoms with Crippen molar-refractivity contribution in [3.63, 3.8) is 0 Å². The Labute approximate surface area is 187 Å². The Balaban J connectivity index is 1.52. The fourth-order valence-corrected chi connectivity index (χ4v) is 4.37. The van der Waals surface area contributed by atoms with Gasteiger partial charge in [0.25, 0.3) is 0 Å². The highest BCUT2D eigenvalue weighted by atomic mass is 16.4. The van der Waals surface area contributed by atoms with E-state index in [1.54, 1.807) is 0 Å². The molecule has 0 fully saturated rings. The first-order valence-electron chi connectivity index (χ1n) is 10.8. The number of rotatable bonds is 4. The highest BCUT2D eigenvalue weighted by Gasteiger charge is 2.25. The standard InChI is InChI=1S/C29H20BNO/c1-3-9-24-19-26(16-14-21(24)7-1)30(27-17-15-22-8-2-4-10-25(22)20-27)32-28-13-5-11-23-12-6-18-31-29(23)28/h1-20H. The molecule has 0 aliphatic heterocycles. The van der Waals surface area contributed by atoms with Crippen LogP contribution in [0.25, 0.3) is 32.4 Å². The van der Waals surface area contributed by atoms with E-state index in [0.717, 1.165) is 27.6 Å². The van der Waals surface area contributed by atoms with E-state index in [4.69, 9.17) is 4.65 Å². The second-order valence-corrected chi connectivity index (χ2v) is 8.04. The minimum Gasteiger partial charge on any atom is -0.550 e. The lowest BCUT2D eigenvalue weighted by molar-refractivity contribution is 0.597. The summed E-state index contributed by atoms with van der Waals surface area (Å²) in [5.74, 6) is 0.786. The second kappa shape index (κ2) is 7.86. The van der Waals surface area contributed by atoms with E-state index < -0.39 is 0 Å². The van der Waals surface area contributed by atoms with Crippen LogP contribution < -0.4 is 15.6 Å². The van der Waals surface area contributed by atoms with Crippen LogP contribution in [-0.2, 0) is 0 Å². The van der Waals surface area contributed by atoms with Crippen molar-refractivity contribution in [1.29, 1.82) is 0 Å². The number of fused-ring (bicyclic) bond motifs is 3. The molecule has 0 aliphatic rings. The lowest BCUT2D eigenvalue weighted by Gasteiger charge is -2.19. The molecule has 0 saturated heterocycles. The topological polar surface area (TPSA) is 22.1 Å². The molecular formula is C29H20BNO. The van der Waals surface area contributed by atoms with Crippen LogP contribution in [0.4, 0.5) is 0 Å². The molecule has 0 atom stereocenters. The molecule has 0 radical (unpaired) electrons. The van der Waals surface area contributed by atoms with Gasteiger partial charge in [-0.2, -0.15) is 0 Å². The van der Waals surface area contributed by atoms with Gasteiger partial charge in [0, 0.05) is 11.6 Å². The van der Waals surface area contributed by atoms with Crippen molar-refractivity contribution in [1.82, 2.24) is 4.98 Å². The molecule has 0 saturated carbocycles. The van der Waals surface area contributed by atoms with Crippen molar-refractivity contribution < 1.29 is 4.65 Å². The van der Waals surface area contributed by atoms with Gasteiger partial charge < -0.3 is 4.65 Å². The summed E-state index contributed by atoms with van der Waals surface area (Å²) in [5, 5.41) is 5.92. The van der Waals surface area contributed by atoms with E-state index in [0.29, 0.717) is 0 Å². The monoisotopic (exact) mass is 409 g/mol. The maximum atomic E-state index is 6.74. The smallest absolute Gasteiger partial charge is 0.426 e. The van der Waals surface area contributed by atoms with E-state index in [-0.39, 0.29) is 6.92 Å². The SMILES string of the molecule is c1ccc2cc(B(Oc3cccc4cccnc34)c3ccc4ccccc4c3)ccc2c1. The van der Waals surface area contributed by atoms with Crippen LogP contribution in [0.15, 0.2) is 121 Å². The van der Waals surface area contributed by atoms with E-state index in [1.807, 2.05) is 24.4 Å². The number of benzene rings is 5. The lowest BCUT2D eigenvalue weighted by atomic mass is 9.55. The van der Waals surface area contributed by atoms with E-state index in [2.05, 4.69) is 102 Å². The number of pyridine rings is 1. The van der Waals surface area contributed by atoms with Gasteiger partial charge in [0.1, 0.15) is 11.3 Å². The molecule has 32 heavy (non-hydrogen) atoms. The molecule has 0 bridgehead atoms. The zero-order valence-electron chi connectivity index (χ0n) is 17.5. The predicted octanol–water partition coefficient (Wildman–Crippen LogP) is 5.73. The van der Waals surface area contributed by atoms with Crippen molar-refractivity contribution >= 4 is 50.3 Å². The first kappa shape index (κ1) is 18.6. The summed E-state index contributed by atoms with van der Waals surface area (Å²) in [6, 6.07) is 40.1. The largest absolute Gasteiger partial charge is 0.550 e. The van der Waals surface area contributed by atoms with Crippen molar-refractivity contribution in [3.8, 4) is 5.75 Å². The zero-order valence-corrected chi connectivity index (χ0v) is 17.5. The highest BCUT2D eigenvalue weighted by molar-refractivity contribution is 6.81. The molecule has 2 nitrogen and oxygen atoms in total. The van der Waals surface area contributed by atoms with Crippen LogP contribution in [0.2, 0.25) is 0 Å². The number of hydrogen-bond donors (Lipinski definition) is 0. The van der Waals surface area contributed by atoms with Crippen LogP contribution in [0.1, 0.15) is 0 Å². The molecular weight excluding hydrogens is 389 g/mol. The Morgan fingerprint density at radius 2 is 1.06 bits per heavy atom. The van der Waals surface area contributed by atoms with Crippen LogP contribution >= 0.6 is 0 Å². The summed E-state index contributed by atoms with van der Waals surface area (Å²) >= 11 is 0. The van der Waals surface area contributed by atoms with E-state index in [1.165, 1.54) is 21.5 Å². The fourth-order valence-electron chi connectivity index (χ4n) is 4.37. The first-order valence-corrected chi connectivity index (χ1v) is 10.8. The molecule has 1 aromatic heterocycles. The minimum atomic E-state index is -0.253. The Morgan fingerprint density at radius 1 is 0.500 bits per heavy atom. The maximum absolute atomic E-state index is 6.74. The quantitative estimate of drug-likeness (QED) is 0.347. The summed E-state index contributed by atoms with van der Waals surface area (Å²) in [5.41, 5.74) is 3.11. The fraction of sp³-hybridized carbons (Fsp3) is 0.